The zero-order valence-electron chi connectivity index (χ0n) is 19.1. The van der Waals surface area contributed by atoms with Gasteiger partial charge in [-0.25, -0.2) is 0 Å². The number of piperidine rings is 1. The van der Waals surface area contributed by atoms with Crippen molar-refractivity contribution in [2.75, 3.05) is 18.0 Å². The molecule has 2 fully saturated rings. The van der Waals surface area contributed by atoms with E-state index in [-0.39, 0.29) is 17.0 Å². The van der Waals surface area contributed by atoms with E-state index in [4.69, 9.17) is 22.3 Å². The van der Waals surface area contributed by atoms with Crippen molar-refractivity contribution in [1.29, 1.82) is 0 Å². The van der Waals surface area contributed by atoms with Gasteiger partial charge in [0, 0.05) is 19.1 Å². The van der Waals surface area contributed by atoms with E-state index >= 15 is 0 Å². The van der Waals surface area contributed by atoms with E-state index in [9.17, 15) is 4.79 Å². The Kier molecular flexibility index (Phi) is 4.41. The van der Waals surface area contributed by atoms with Gasteiger partial charge in [-0.2, -0.15) is 15.2 Å². The summed E-state index contributed by atoms with van der Waals surface area (Å²) in [5.41, 5.74) is 10.8. The first kappa shape index (κ1) is 21.0. The molecule has 3 aliphatic rings. The minimum atomic E-state index is -0.419. The zero-order valence-corrected chi connectivity index (χ0v) is 19.8. The number of aromatic amines is 2. The zero-order chi connectivity index (χ0) is 23.8. The summed E-state index contributed by atoms with van der Waals surface area (Å²) in [6.07, 6.45) is 4.62. The number of anilines is 1. The Morgan fingerprint density at radius 2 is 1.86 bits per heavy atom. The van der Waals surface area contributed by atoms with Gasteiger partial charge in [0.2, 0.25) is 5.95 Å². The molecule has 0 bridgehead atoms. The number of nitrogens with one attached hydrogen (secondary N) is 2. The van der Waals surface area contributed by atoms with Gasteiger partial charge in [0.15, 0.2) is 10.8 Å². The summed E-state index contributed by atoms with van der Waals surface area (Å²) in [6.45, 7) is 1.59. The Labute approximate surface area is 206 Å². The lowest BCUT2D eigenvalue weighted by Gasteiger charge is -2.42. The Morgan fingerprint density at radius 1 is 1.06 bits per heavy atom. The van der Waals surface area contributed by atoms with Crippen molar-refractivity contribution in [2.24, 2.45) is 11.1 Å². The summed E-state index contributed by atoms with van der Waals surface area (Å²) in [7, 11) is 0. The topological polar surface area (TPSA) is 129 Å². The summed E-state index contributed by atoms with van der Waals surface area (Å²) in [5, 5.41) is 16.6. The molecule has 178 valence electrons. The van der Waals surface area contributed by atoms with Crippen LogP contribution in [-0.2, 0) is 11.8 Å². The number of fused-ring (bicyclic) bond motifs is 2. The van der Waals surface area contributed by atoms with Crippen molar-refractivity contribution in [3.63, 3.8) is 0 Å². The molecule has 1 aliphatic heterocycles. The van der Waals surface area contributed by atoms with E-state index in [0.717, 1.165) is 50.9 Å². The van der Waals surface area contributed by atoms with Crippen molar-refractivity contribution in [3.05, 3.63) is 74.4 Å². The summed E-state index contributed by atoms with van der Waals surface area (Å²) in [6, 6.07) is 12.1. The third-order valence-corrected chi connectivity index (χ3v) is 8.60. The fourth-order valence-corrected chi connectivity index (χ4v) is 6.30. The summed E-state index contributed by atoms with van der Waals surface area (Å²) in [4.78, 5) is 23.2. The predicted octanol–water partition coefficient (Wildman–Crippen LogP) is 3.01. The lowest BCUT2D eigenvalue weighted by molar-refractivity contribution is 0.187. The minimum absolute atomic E-state index is 0.0520. The molecule has 4 aromatic rings. The quantitative estimate of drug-likeness (QED) is 0.404. The number of hydrogen-bond acceptors (Lipinski definition) is 7. The predicted molar refractivity (Wildman–Crippen MR) is 133 cm³/mol. The molecule has 1 aromatic carbocycles. The smallest absolute Gasteiger partial charge is 0.263 e. The normalized spacial score (nSPS) is 22.0. The molecule has 2 aliphatic carbocycles. The Bertz CT molecular complexity index is 1500. The van der Waals surface area contributed by atoms with Crippen LogP contribution in [0.15, 0.2) is 41.2 Å². The van der Waals surface area contributed by atoms with Gasteiger partial charge in [0.05, 0.1) is 16.8 Å². The fraction of sp³-hybridized carbons (Fsp3) is 0.400. The van der Waals surface area contributed by atoms with Gasteiger partial charge < -0.3 is 10.6 Å². The van der Waals surface area contributed by atoms with Gasteiger partial charge in [-0.3, -0.25) is 14.9 Å². The molecule has 1 spiro atoms. The highest BCUT2D eigenvalue weighted by Gasteiger charge is 2.51. The molecular formula is C25H25ClN8O. The summed E-state index contributed by atoms with van der Waals surface area (Å²) < 4.78 is 0. The summed E-state index contributed by atoms with van der Waals surface area (Å²) in [5.74, 6) is 0.577. The molecule has 1 atom stereocenters. The molecule has 0 radical (unpaired) electrons. The van der Waals surface area contributed by atoms with E-state index < -0.39 is 5.41 Å². The second kappa shape index (κ2) is 7.35. The lowest BCUT2D eigenvalue weighted by atomic mass is 9.73. The van der Waals surface area contributed by atoms with Crippen LogP contribution in [0.3, 0.4) is 0 Å². The van der Waals surface area contributed by atoms with E-state index in [1.165, 1.54) is 11.1 Å². The lowest BCUT2D eigenvalue weighted by Crippen LogP contribution is -2.45. The number of nitrogens with two attached hydrogens (primary N) is 1. The Balaban J connectivity index is 1.17. The van der Waals surface area contributed by atoms with E-state index in [1.807, 2.05) is 6.07 Å². The van der Waals surface area contributed by atoms with Crippen LogP contribution in [0.25, 0.3) is 11.0 Å². The van der Waals surface area contributed by atoms with Gasteiger partial charge in [-0.05, 0) is 60.8 Å². The average molecular weight is 489 g/mol. The average Bonchev–Trinajstić information content (AvgIpc) is 3.48. The number of hydrogen-bond donors (Lipinski definition) is 3. The third kappa shape index (κ3) is 3.07. The highest BCUT2D eigenvalue weighted by Crippen LogP contribution is 2.53. The minimum Gasteiger partial charge on any atom is -0.342 e. The van der Waals surface area contributed by atoms with Crippen molar-refractivity contribution < 1.29 is 0 Å². The van der Waals surface area contributed by atoms with Crippen molar-refractivity contribution >= 4 is 28.6 Å². The number of rotatable bonds is 3. The maximum Gasteiger partial charge on any atom is 0.263 e. The van der Waals surface area contributed by atoms with Crippen LogP contribution in [0.5, 0.6) is 0 Å². The Hall–Kier alpha value is -3.30. The molecule has 3 aromatic heterocycles. The van der Waals surface area contributed by atoms with Crippen LogP contribution >= 0.6 is 11.6 Å². The van der Waals surface area contributed by atoms with Crippen LogP contribution in [0.2, 0.25) is 5.15 Å². The highest BCUT2D eigenvalue weighted by atomic mass is 35.5. The first-order valence-corrected chi connectivity index (χ1v) is 12.4. The summed E-state index contributed by atoms with van der Waals surface area (Å²) >= 11 is 5.92. The first-order chi connectivity index (χ1) is 17.0. The molecule has 4 heterocycles. The molecule has 0 amide bonds. The van der Waals surface area contributed by atoms with Crippen molar-refractivity contribution in [1.82, 2.24) is 30.4 Å². The van der Waals surface area contributed by atoms with Crippen molar-refractivity contribution in [3.8, 4) is 0 Å². The van der Waals surface area contributed by atoms with E-state index in [1.54, 1.807) is 6.07 Å². The monoisotopic (exact) mass is 488 g/mol. The molecule has 0 unspecified atom stereocenters. The van der Waals surface area contributed by atoms with Crippen LogP contribution < -0.4 is 16.2 Å². The number of aromatic nitrogens is 6. The van der Waals surface area contributed by atoms with Gasteiger partial charge in [-0.1, -0.05) is 35.9 Å². The second-order valence-electron chi connectivity index (χ2n) is 10.2. The SMILES string of the molecule is N[C@@H]1c2ccccc2CC12CCN(c1nc3[nH]nc(C4(c5ccc(Cl)nn5)CC4)c3c(=O)[nH]1)CC2. The fourth-order valence-electron chi connectivity index (χ4n) is 6.20. The third-order valence-electron chi connectivity index (χ3n) is 8.39. The first-order valence-electron chi connectivity index (χ1n) is 12.1. The van der Waals surface area contributed by atoms with Crippen LogP contribution in [0.1, 0.15) is 54.2 Å². The van der Waals surface area contributed by atoms with Gasteiger partial charge in [0.25, 0.3) is 5.56 Å². The van der Waals surface area contributed by atoms with Gasteiger partial charge >= 0.3 is 0 Å². The standard InChI is InChI=1S/C25H25ClN8O/c26-17-6-5-16(30-31-17)25(7-8-25)20-18-21(33-32-20)28-23(29-22(18)35)34-11-9-24(10-12-34)13-14-3-1-2-4-15(14)19(24)27/h1-6,19H,7-13,27H2,(H2,28,29,32,33,35)/t19-/m1/s1. The van der Waals surface area contributed by atoms with Crippen molar-refractivity contribution in [2.45, 2.75) is 43.6 Å². The number of H-pyrrole nitrogens is 2. The molecule has 35 heavy (non-hydrogen) atoms. The molecule has 1 saturated heterocycles. The van der Waals surface area contributed by atoms with Crippen LogP contribution in [-0.4, -0.2) is 43.5 Å². The molecule has 7 rings (SSSR count). The van der Waals surface area contributed by atoms with E-state index in [2.05, 4.69) is 54.5 Å². The molecule has 4 N–H and O–H groups in total. The molecule has 9 nitrogen and oxygen atoms in total. The number of nitrogens with zero attached hydrogens (tertiary/aromatic N) is 5. The highest BCUT2D eigenvalue weighted by molar-refractivity contribution is 6.29. The molecular weight excluding hydrogens is 464 g/mol. The van der Waals surface area contributed by atoms with Crippen LogP contribution in [0, 0.1) is 5.41 Å². The number of halogens is 1. The second-order valence-corrected chi connectivity index (χ2v) is 10.6. The Morgan fingerprint density at radius 3 is 2.57 bits per heavy atom. The maximum atomic E-state index is 13.3. The molecule has 10 heteroatoms. The van der Waals surface area contributed by atoms with Gasteiger partial charge in [0.1, 0.15) is 5.39 Å². The molecule has 1 saturated carbocycles. The van der Waals surface area contributed by atoms with Crippen LogP contribution in [0.4, 0.5) is 5.95 Å². The van der Waals surface area contributed by atoms with Gasteiger partial charge in [-0.15, -0.1) is 5.10 Å². The number of benzene rings is 1. The maximum absolute atomic E-state index is 13.3. The largest absolute Gasteiger partial charge is 0.342 e. The van der Waals surface area contributed by atoms with E-state index in [0.29, 0.717) is 27.8 Å².